The van der Waals surface area contributed by atoms with Gasteiger partial charge in [-0.25, -0.2) is 22.0 Å². The lowest BCUT2D eigenvalue weighted by Crippen LogP contribution is -2.09. The van der Waals surface area contributed by atoms with Crippen LogP contribution in [0.5, 0.6) is 0 Å². The third-order valence-electron chi connectivity index (χ3n) is 3.90. The fraction of sp³-hybridized carbons (Fsp3) is 0.267. The molecule has 0 heterocycles. The molecule has 0 N–H and O–H groups in total. The minimum Gasteiger partial charge on any atom is -0.203 e. The molecule has 0 unspecified atom stereocenters. The van der Waals surface area contributed by atoms with E-state index in [-0.39, 0.29) is 5.57 Å². The van der Waals surface area contributed by atoms with Crippen LogP contribution in [0.25, 0.3) is 5.57 Å². The third-order valence-corrected chi connectivity index (χ3v) is 3.90. The van der Waals surface area contributed by atoms with E-state index in [0.29, 0.717) is 11.5 Å². The van der Waals surface area contributed by atoms with E-state index in [1.54, 1.807) is 27.7 Å². The van der Waals surface area contributed by atoms with Crippen molar-refractivity contribution in [2.45, 2.75) is 27.7 Å². The van der Waals surface area contributed by atoms with E-state index < -0.39 is 34.6 Å². The minimum absolute atomic E-state index is 0.0767. The van der Waals surface area contributed by atoms with Gasteiger partial charge in [-0.05, 0) is 37.5 Å². The van der Waals surface area contributed by atoms with Crippen molar-refractivity contribution in [2.24, 2.45) is 0 Å². The van der Waals surface area contributed by atoms with Crippen molar-refractivity contribution in [1.29, 1.82) is 0 Å². The lowest BCUT2D eigenvalue weighted by Gasteiger charge is -2.15. The average molecular weight is 287 g/mol. The van der Waals surface area contributed by atoms with E-state index in [2.05, 4.69) is 0 Å². The van der Waals surface area contributed by atoms with Crippen LogP contribution in [0.1, 0.15) is 33.3 Å². The molecular formula is C15H12F5. The predicted molar refractivity (Wildman–Crippen MR) is 66.1 cm³/mol. The number of allylic oxidation sites excluding steroid dienone is 4. The first-order valence-electron chi connectivity index (χ1n) is 5.94. The molecule has 0 fully saturated rings. The summed E-state index contributed by atoms with van der Waals surface area (Å²) in [5.74, 6) is -9.05. The summed E-state index contributed by atoms with van der Waals surface area (Å²) in [6.45, 7) is 6.69. The van der Waals surface area contributed by atoms with Crippen LogP contribution >= 0.6 is 0 Å². The Morgan fingerprint density at radius 2 is 0.900 bits per heavy atom. The minimum atomic E-state index is -2.14. The largest absolute Gasteiger partial charge is 0.203 e. The first kappa shape index (κ1) is 14.8. The maximum Gasteiger partial charge on any atom is 0.200 e. The van der Waals surface area contributed by atoms with E-state index in [9.17, 15) is 22.0 Å². The van der Waals surface area contributed by atoms with E-state index in [1.165, 1.54) is 0 Å². The second-order valence-corrected chi connectivity index (χ2v) is 4.82. The first-order valence-corrected chi connectivity index (χ1v) is 5.94. The maximum absolute atomic E-state index is 13.9. The highest BCUT2D eigenvalue weighted by Crippen LogP contribution is 2.45. The summed E-state index contributed by atoms with van der Waals surface area (Å²) in [5, 5.41) is 0. The zero-order chi connectivity index (χ0) is 15.4. The van der Waals surface area contributed by atoms with Crippen molar-refractivity contribution in [3.63, 3.8) is 0 Å². The second-order valence-electron chi connectivity index (χ2n) is 4.82. The molecule has 0 atom stereocenters. The molecule has 1 aromatic rings. The normalized spacial score (nSPS) is 16.6. The molecule has 0 bridgehead atoms. The van der Waals surface area contributed by atoms with Gasteiger partial charge >= 0.3 is 0 Å². The van der Waals surface area contributed by atoms with Crippen LogP contribution < -0.4 is 0 Å². The SMILES string of the molecule is C[C]1C(C)=C(C)C(C)=C1c1c(F)c(F)c(F)c(F)c1F. The monoisotopic (exact) mass is 287 g/mol. The van der Waals surface area contributed by atoms with Gasteiger partial charge in [0.1, 0.15) is 0 Å². The zero-order valence-electron chi connectivity index (χ0n) is 11.4. The van der Waals surface area contributed by atoms with Gasteiger partial charge in [0.25, 0.3) is 0 Å². The quantitative estimate of drug-likeness (QED) is 0.383. The first-order chi connectivity index (χ1) is 9.20. The van der Waals surface area contributed by atoms with Crippen LogP contribution in [0.2, 0.25) is 0 Å². The van der Waals surface area contributed by atoms with Crippen LogP contribution in [-0.2, 0) is 0 Å². The molecule has 2 rings (SSSR count). The Labute approximate surface area is 113 Å². The zero-order valence-corrected chi connectivity index (χ0v) is 11.4. The van der Waals surface area contributed by atoms with Gasteiger partial charge in [-0.2, -0.15) is 0 Å². The van der Waals surface area contributed by atoms with E-state index >= 15 is 0 Å². The van der Waals surface area contributed by atoms with Gasteiger partial charge in [-0.3, -0.25) is 0 Å². The van der Waals surface area contributed by atoms with Crippen LogP contribution in [0.3, 0.4) is 0 Å². The Bertz CT molecular complexity index is 638. The van der Waals surface area contributed by atoms with Crippen molar-refractivity contribution >= 4 is 5.57 Å². The number of hydrogen-bond acceptors (Lipinski definition) is 0. The predicted octanol–water partition coefficient (Wildman–Crippen LogP) is 5.10. The summed E-state index contributed by atoms with van der Waals surface area (Å²) in [6.07, 6.45) is 0. The second kappa shape index (κ2) is 4.72. The van der Waals surface area contributed by atoms with Gasteiger partial charge < -0.3 is 0 Å². The van der Waals surface area contributed by atoms with E-state index in [0.717, 1.165) is 11.1 Å². The number of halogens is 5. The molecule has 1 aromatic carbocycles. The van der Waals surface area contributed by atoms with Crippen molar-refractivity contribution in [2.75, 3.05) is 0 Å². The lowest BCUT2D eigenvalue weighted by molar-refractivity contribution is 0.376. The van der Waals surface area contributed by atoms with Gasteiger partial charge in [0.15, 0.2) is 23.3 Å². The Morgan fingerprint density at radius 1 is 0.500 bits per heavy atom. The van der Waals surface area contributed by atoms with Crippen molar-refractivity contribution in [3.05, 3.63) is 57.3 Å². The van der Waals surface area contributed by atoms with Gasteiger partial charge in [0.05, 0.1) is 5.56 Å². The molecule has 107 valence electrons. The molecule has 5 heteroatoms. The van der Waals surface area contributed by atoms with Crippen LogP contribution in [0, 0.1) is 35.0 Å². The van der Waals surface area contributed by atoms with E-state index in [4.69, 9.17) is 0 Å². The molecule has 0 saturated carbocycles. The average Bonchev–Trinajstić information content (AvgIpc) is 2.61. The van der Waals surface area contributed by atoms with Crippen LogP contribution in [0.15, 0.2) is 16.7 Å². The summed E-state index contributed by atoms with van der Waals surface area (Å²) in [6, 6.07) is 0. The number of rotatable bonds is 1. The topological polar surface area (TPSA) is 0 Å². The van der Waals surface area contributed by atoms with Gasteiger partial charge in [-0.15, -0.1) is 0 Å². The summed E-state index contributed by atoms with van der Waals surface area (Å²) < 4.78 is 67.4. The summed E-state index contributed by atoms with van der Waals surface area (Å²) in [7, 11) is 0. The lowest BCUT2D eigenvalue weighted by atomic mass is 9.90. The standard InChI is InChI=1S/C15H12F5/c1-5-6(2)8(4)9(7(5)3)10-11(16)13(18)15(20)14(19)12(10)17/h1-4H3. The summed E-state index contributed by atoms with van der Waals surface area (Å²) in [5.41, 5.74) is 1.30. The molecule has 0 amide bonds. The van der Waals surface area contributed by atoms with Crippen molar-refractivity contribution in [1.82, 2.24) is 0 Å². The maximum atomic E-state index is 13.9. The van der Waals surface area contributed by atoms with Gasteiger partial charge in [0.2, 0.25) is 5.82 Å². The molecule has 20 heavy (non-hydrogen) atoms. The van der Waals surface area contributed by atoms with Crippen molar-refractivity contribution < 1.29 is 22.0 Å². The molecule has 0 saturated heterocycles. The summed E-state index contributed by atoms with van der Waals surface area (Å²) >= 11 is 0. The Balaban J connectivity index is 2.80. The Hall–Kier alpha value is -1.65. The highest BCUT2D eigenvalue weighted by Gasteiger charge is 2.34. The third kappa shape index (κ3) is 1.79. The van der Waals surface area contributed by atoms with Crippen LogP contribution in [0.4, 0.5) is 22.0 Å². The molecule has 1 radical (unpaired) electrons. The fourth-order valence-corrected chi connectivity index (χ4v) is 2.42. The fourth-order valence-electron chi connectivity index (χ4n) is 2.42. The smallest absolute Gasteiger partial charge is 0.200 e. The van der Waals surface area contributed by atoms with Crippen molar-refractivity contribution in [3.8, 4) is 0 Å². The molecule has 0 aromatic heterocycles. The Morgan fingerprint density at radius 3 is 1.25 bits per heavy atom. The molecule has 0 nitrogen and oxygen atoms in total. The molecular weight excluding hydrogens is 275 g/mol. The highest BCUT2D eigenvalue weighted by atomic mass is 19.2. The molecule has 0 spiro atoms. The highest BCUT2D eigenvalue weighted by molar-refractivity contribution is 5.89. The number of benzene rings is 1. The number of hydrogen-bond donors (Lipinski definition) is 0. The van der Waals surface area contributed by atoms with E-state index in [1.807, 2.05) is 0 Å². The summed E-state index contributed by atoms with van der Waals surface area (Å²) in [4.78, 5) is 0. The van der Waals surface area contributed by atoms with Gasteiger partial charge in [-0.1, -0.05) is 12.5 Å². The molecule has 0 aliphatic heterocycles. The van der Waals surface area contributed by atoms with Crippen LogP contribution in [-0.4, -0.2) is 0 Å². The molecule has 1 aliphatic rings. The Kier molecular flexibility index (Phi) is 3.48. The van der Waals surface area contributed by atoms with Gasteiger partial charge in [0, 0.05) is 5.92 Å². The molecule has 1 aliphatic carbocycles.